The van der Waals surface area contributed by atoms with Crippen molar-refractivity contribution in [2.75, 3.05) is 0 Å². The smallest absolute Gasteiger partial charge is 0.213 e. The third kappa shape index (κ3) is 3.06. The van der Waals surface area contributed by atoms with Crippen LogP contribution in [0.5, 0.6) is 5.75 Å². The minimum atomic E-state index is 0.159. The van der Waals surface area contributed by atoms with Crippen LogP contribution in [-0.4, -0.2) is 10.1 Å². The van der Waals surface area contributed by atoms with Gasteiger partial charge in [0.05, 0.1) is 0 Å². The Labute approximate surface area is 101 Å². The Kier molecular flexibility index (Phi) is 3.13. The Hall–Kier alpha value is -1.84. The second kappa shape index (κ2) is 4.57. The molecule has 0 amide bonds. The van der Waals surface area contributed by atoms with Gasteiger partial charge < -0.3 is 9.26 Å². The van der Waals surface area contributed by atoms with Gasteiger partial charge in [-0.2, -0.15) is 4.98 Å². The highest BCUT2D eigenvalue weighted by Crippen LogP contribution is 2.24. The molecule has 90 valence electrons. The Bertz CT molecular complexity index is 455. The van der Waals surface area contributed by atoms with Gasteiger partial charge in [-0.25, -0.2) is 0 Å². The van der Waals surface area contributed by atoms with E-state index in [2.05, 4.69) is 47.6 Å². The predicted molar refractivity (Wildman–Crippen MR) is 63.8 cm³/mol. The lowest BCUT2D eigenvalue weighted by molar-refractivity contribution is 0.286. The van der Waals surface area contributed by atoms with Crippen molar-refractivity contribution >= 4 is 0 Å². The van der Waals surface area contributed by atoms with Crippen molar-refractivity contribution in [1.82, 2.24) is 10.1 Å². The van der Waals surface area contributed by atoms with Crippen LogP contribution in [0.15, 0.2) is 35.2 Å². The van der Waals surface area contributed by atoms with E-state index in [1.807, 2.05) is 12.1 Å². The molecule has 1 aromatic heterocycles. The molecule has 4 nitrogen and oxygen atoms in total. The van der Waals surface area contributed by atoms with E-state index in [4.69, 9.17) is 4.74 Å². The number of nitrogens with zero attached hydrogens (tertiary/aromatic N) is 2. The SMILES string of the molecule is CC(C)(C)c1ccc(OCc2ncon2)cc1. The van der Waals surface area contributed by atoms with Gasteiger partial charge in [0.1, 0.15) is 5.75 Å². The fourth-order valence-corrected chi connectivity index (χ4v) is 1.46. The van der Waals surface area contributed by atoms with Crippen molar-refractivity contribution in [3.63, 3.8) is 0 Å². The molecule has 0 spiro atoms. The number of benzene rings is 1. The summed E-state index contributed by atoms with van der Waals surface area (Å²) in [6, 6.07) is 8.07. The Morgan fingerprint density at radius 2 is 1.88 bits per heavy atom. The first-order valence-electron chi connectivity index (χ1n) is 5.54. The molecule has 0 atom stereocenters. The fourth-order valence-electron chi connectivity index (χ4n) is 1.46. The van der Waals surface area contributed by atoms with Gasteiger partial charge in [-0.3, -0.25) is 0 Å². The fraction of sp³-hybridized carbons (Fsp3) is 0.385. The van der Waals surface area contributed by atoms with Crippen molar-refractivity contribution in [2.45, 2.75) is 32.8 Å². The monoisotopic (exact) mass is 232 g/mol. The molecule has 4 heteroatoms. The zero-order valence-corrected chi connectivity index (χ0v) is 10.3. The lowest BCUT2D eigenvalue weighted by Crippen LogP contribution is -2.10. The molecule has 0 saturated carbocycles. The van der Waals surface area contributed by atoms with Gasteiger partial charge in [-0.1, -0.05) is 38.1 Å². The second-order valence-corrected chi connectivity index (χ2v) is 4.91. The maximum Gasteiger partial charge on any atom is 0.213 e. The van der Waals surface area contributed by atoms with E-state index < -0.39 is 0 Å². The van der Waals surface area contributed by atoms with E-state index in [9.17, 15) is 0 Å². The maximum atomic E-state index is 5.53. The topological polar surface area (TPSA) is 48.2 Å². The summed E-state index contributed by atoms with van der Waals surface area (Å²) >= 11 is 0. The summed E-state index contributed by atoms with van der Waals surface area (Å²) in [4.78, 5) is 3.89. The summed E-state index contributed by atoms with van der Waals surface area (Å²) in [6.07, 6.45) is 1.29. The molecule has 1 heterocycles. The van der Waals surface area contributed by atoms with Crippen LogP contribution in [0, 0.1) is 0 Å². The van der Waals surface area contributed by atoms with Crippen molar-refractivity contribution in [2.24, 2.45) is 0 Å². The third-order valence-corrected chi connectivity index (χ3v) is 2.50. The van der Waals surface area contributed by atoms with Gasteiger partial charge in [0, 0.05) is 0 Å². The van der Waals surface area contributed by atoms with Crippen molar-refractivity contribution < 1.29 is 9.26 Å². The van der Waals surface area contributed by atoms with E-state index >= 15 is 0 Å². The molecule has 0 aliphatic rings. The van der Waals surface area contributed by atoms with Gasteiger partial charge in [-0.05, 0) is 23.1 Å². The first-order valence-corrected chi connectivity index (χ1v) is 5.54. The van der Waals surface area contributed by atoms with Crippen LogP contribution in [0.3, 0.4) is 0 Å². The number of aromatic nitrogens is 2. The molecule has 1 aromatic carbocycles. The van der Waals surface area contributed by atoms with Gasteiger partial charge in [0.15, 0.2) is 6.61 Å². The summed E-state index contributed by atoms with van der Waals surface area (Å²) < 4.78 is 10.2. The van der Waals surface area contributed by atoms with E-state index in [1.165, 1.54) is 12.0 Å². The van der Waals surface area contributed by atoms with Crippen molar-refractivity contribution in [3.8, 4) is 5.75 Å². The van der Waals surface area contributed by atoms with Crippen LogP contribution in [0.2, 0.25) is 0 Å². The Morgan fingerprint density at radius 1 is 1.18 bits per heavy atom. The molecule has 2 rings (SSSR count). The molecule has 0 N–H and O–H groups in total. The normalized spacial score (nSPS) is 11.5. The summed E-state index contributed by atoms with van der Waals surface area (Å²) in [5.41, 5.74) is 1.44. The third-order valence-electron chi connectivity index (χ3n) is 2.50. The van der Waals surface area contributed by atoms with Crippen LogP contribution < -0.4 is 4.74 Å². The molecular weight excluding hydrogens is 216 g/mol. The molecule has 0 saturated heterocycles. The largest absolute Gasteiger partial charge is 0.485 e. The van der Waals surface area contributed by atoms with E-state index in [1.54, 1.807) is 0 Å². The minimum Gasteiger partial charge on any atom is -0.485 e. The molecule has 0 fully saturated rings. The number of hydrogen-bond acceptors (Lipinski definition) is 4. The summed E-state index contributed by atoms with van der Waals surface area (Å²) in [7, 11) is 0. The molecule has 0 aliphatic carbocycles. The summed E-state index contributed by atoms with van der Waals surface area (Å²) in [6.45, 7) is 6.87. The average molecular weight is 232 g/mol. The minimum absolute atomic E-state index is 0.159. The maximum absolute atomic E-state index is 5.53. The van der Waals surface area contributed by atoms with Crippen LogP contribution in [0.25, 0.3) is 0 Å². The Balaban J connectivity index is 1.99. The molecule has 0 unspecified atom stereocenters. The number of rotatable bonds is 3. The average Bonchev–Trinajstić information content (AvgIpc) is 2.78. The zero-order valence-electron chi connectivity index (χ0n) is 10.3. The summed E-state index contributed by atoms with van der Waals surface area (Å²) in [5, 5.41) is 3.68. The molecular formula is C13H16N2O2. The Morgan fingerprint density at radius 3 is 2.41 bits per heavy atom. The van der Waals surface area contributed by atoms with Gasteiger partial charge in [0.2, 0.25) is 12.2 Å². The van der Waals surface area contributed by atoms with Crippen LogP contribution in [-0.2, 0) is 12.0 Å². The molecule has 0 bridgehead atoms. The van der Waals surface area contributed by atoms with Crippen molar-refractivity contribution in [3.05, 3.63) is 42.0 Å². The van der Waals surface area contributed by atoms with Gasteiger partial charge >= 0.3 is 0 Å². The van der Waals surface area contributed by atoms with Gasteiger partial charge in [0.25, 0.3) is 0 Å². The summed E-state index contributed by atoms with van der Waals surface area (Å²) in [5.74, 6) is 1.35. The standard InChI is InChI=1S/C13H16N2O2/c1-13(2,3)10-4-6-11(7-5-10)16-8-12-14-9-17-15-12/h4-7,9H,8H2,1-3H3. The van der Waals surface area contributed by atoms with E-state index in [0.717, 1.165) is 5.75 Å². The number of ether oxygens (including phenoxy) is 1. The number of hydrogen-bond donors (Lipinski definition) is 0. The molecule has 0 radical (unpaired) electrons. The van der Waals surface area contributed by atoms with E-state index in [0.29, 0.717) is 12.4 Å². The van der Waals surface area contributed by atoms with Crippen LogP contribution in [0.4, 0.5) is 0 Å². The quantitative estimate of drug-likeness (QED) is 0.816. The lowest BCUT2D eigenvalue weighted by Gasteiger charge is -2.19. The first kappa shape index (κ1) is 11.6. The zero-order chi connectivity index (χ0) is 12.3. The predicted octanol–water partition coefficient (Wildman–Crippen LogP) is 2.95. The first-order chi connectivity index (χ1) is 8.05. The van der Waals surface area contributed by atoms with Crippen molar-refractivity contribution in [1.29, 1.82) is 0 Å². The second-order valence-electron chi connectivity index (χ2n) is 4.91. The molecule has 2 aromatic rings. The highest BCUT2D eigenvalue weighted by molar-refractivity contribution is 5.31. The highest BCUT2D eigenvalue weighted by Gasteiger charge is 2.12. The van der Waals surface area contributed by atoms with Crippen LogP contribution in [0.1, 0.15) is 32.2 Å². The van der Waals surface area contributed by atoms with Gasteiger partial charge in [-0.15, -0.1) is 0 Å². The van der Waals surface area contributed by atoms with E-state index in [-0.39, 0.29) is 5.41 Å². The highest BCUT2D eigenvalue weighted by atomic mass is 16.5. The molecule has 17 heavy (non-hydrogen) atoms. The lowest BCUT2D eigenvalue weighted by atomic mass is 9.87. The molecule has 0 aliphatic heterocycles. The van der Waals surface area contributed by atoms with Crippen LogP contribution >= 0.6 is 0 Å².